The van der Waals surface area contributed by atoms with E-state index in [1.165, 1.54) is 4.68 Å². The lowest BCUT2D eigenvalue weighted by Crippen LogP contribution is -2.14. The molecule has 2 aromatic rings. The maximum absolute atomic E-state index is 12.0. The van der Waals surface area contributed by atoms with Gasteiger partial charge in [0, 0.05) is 6.07 Å². The minimum absolute atomic E-state index is 0.0879. The summed E-state index contributed by atoms with van der Waals surface area (Å²) >= 11 is 3.30. The number of hydrogen-bond acceptors (Lipinski definition) is 2. The highest BCUT2D eigenvalue weighted by molar-refractivity contribution is 9.10. The molecule has 0 aliphatic heterocycles. The number of nitrogens with zero attached hydrogens (tertiary/aromatic N) is 1. The van der Waals surface area contributed by atoms with Crippen LogP contribution in [0.2, 0.25) is 0 Å². The molecule has 1 heterocycles. The first-order valence-electron chi connectivity index (χ1n) is 5.31. The Morgan fingerprint density at radius 2 is 2.24 bits per heavy atom. The van der Waals surface area contributed by atoms with Crippen LogP contribution in [0.25, 0.3) is 5.69 Å². The van der Waals surface area contributed by atoms with Gasteiger partial charge in [-0.15, -0.1) is 0 Å². The highest BCUT2D eigenvalue weighted by Gasteiger charge is 2.11. The SMILES string of the molecule is CCc1[nH]n(-c2cccc(OC)c2)c(=O)c1Br. The van der Waals surface area contributed by atoms with Gasteiger partial charge in [-0.2, -0.15) is 0 Å². The van der Waals surface area contributed by atoms with Crippen molar-refractivity contribution in [1.29, 1.82) is 0 Å². The number of aryl methyl sites for hydroxylation is 1. The number of ether oxygens (including phenoxy) is 1. The summed E-state index contributed by atoms with van der Waals surface area (Å²) < 4.78 is 7.23. The zero-order valence-electron chi connectivity index (χ0n) is 9.66. The van der Waals surface area contributed by atoms with Crippen molar-refractivity contribution >= 4 is 15.9 Å². The summed E-state index contributed by atoms with van der Waals surface area (Å²) in [6.45, 7) is 1.99. The second kappa shape index (κ2) is 4.79. The predicted octanol–water partition coefficient (Wildman–Crippen LogP) is 2.50. The van der Waals surface area contributed by atoms with Crippen molar-refractivity contribution in [2.75, 3.05) is 7.11 Å². The van der Waals surface area contributed by atoms with E-state index in [1.807, 2.05) is 31.2 Å². The molecule has 4 nitrogen and oxygen atoms in total. The number of methoxy groups -OCH3 is 1. The van der Waals surface area contributed by atoms with E-state index in [9.17, 15) is 4.79 Å². The van der Waals surface area contributed by atoms with Crippen LogP contribution in [0.5, 0.6) is 5.75 Å². The third-order valence-corrected chi connectivity index (χ3v) is 3.39. The molecule has 0 saturated heterocycles. The Kier molecular flexibility index (Phi) is 3.38. The van der Waals surface area contributed by atoms with Crippen LogP contribution in [0.1, 0.15) is 12.6 Å². The van der Waals surface area contributed by atoms with E-state index in [0.717, 1.165) is 23.6 Å². The van der Waals surface area contributed by atoms with Crippen LogP contribution < -0.4 is 10.3 Å². The van der Waals surface area contributed by atoms with Crippen LogP contribution in [0.4, 0.5) is 0 Å². The molecule has 0 unspecified atom stereocenters. The second-order valence-corrected chi connectivity index (χ2v) is 4.39. The second-order valence-electron chi connectivity index (χ2n) is 3.60. The Hall–Kier alpha value is -1.49. The Bertz CT molecular complexity index is 586. The monoisotopic (exact) mass is 296 g/mol. The normalized spacial score (nSPS) is 10.5. The summed E-state index contributed by atoms with van der Waals surface area (Å²) in [5, 5.41) is 3.07. The van der Waals surface area contributed by atoms with Crippen LogP contribution in [-0.4, -0.2) is 16.9 Å². The van der Waals surface area contributed by atoms with Gasteiger partial charge in [-0.1, -0.05) is 13.0 Å². The molecule has 0 saturated carbocycles. The number of benzene rings is 1. The van der Waals surface area contributed by atoms with E-state index in [2.05, 4.69) is 21.0 Å². The molecule has 1 N–H and O–H groups in total. The quantitative estimate of drug-likeness (QED) is 0.946. The first-order valence-corrected chi connectivity index (χ1v) is 6.10. The molecule has 90 valence electrons. The van der Waals surface area contributed by atoms with Gasteiger partial charge >= 0.3 is 0 Å². The average Bonchev–Trinajstić information content (AvgIpc) is 2.66. The molecule has 1 aromatic carbocycles. The van der Waals surface area contributed by atoms with Gasteiger partial charge in [0.1, 0.15) is 10.2 Å². The van der Waals surface area contributed by atoms with Crippen LogP contribution in [-0.2, 0) is 6.42 Å². The van der Waals surface area contributed by atoms with Crippen molar-refractivity contribution in [1.82, 2.24) is 9.78 Å². The van der Waals surface area contributed by atoms with Crippen molar-refractivity contribution in [3.8, 4) is 11.4 Å². The van der Waals surface area contributed by atoms with Crippen molar-refractivity contribution < 1.29 is 4.74 Å². The van der Waals surface area contributed by atoms with Gasteiger partial charge in [-0.25, -0.2) is 4.68 Å². The number of nitrogens with one attached hydrogen (secondary N) is 1. The summed E-state index contributed by atoms with van der Waals surface area (Å²) in [6, 6.07) is 7.35. The van der Waals surface area contributed by atoms with Gasteiger partial charge in [-0.3, -0.25) is 9.89 Å². The number of hydrogen-bond donors (Lipinski definition) is 1. The van der Waals surface area contributed by atoms with Crippen LogP contribution in [0.3, 0.4) is 0 Å². The Balaban J connectivity index is 2.56. The van der Waals surface area contributed by atoms with Crippen LogP contribution in [0.15, 0.2) is 33.5 Å². The summed E-state index contributed by atoms with van der Waals surface area (Å²) in [6.07, 6.45) is 0.771. The summed E-state index contributed by atoms with van der Waals surface area (Å²) in [7, 11) is 1.60. The zero-order chi connectivity index (χ0) is 12.4. The molecule has 0 fully saturated rings. The van der Waals surface area contributed by atoms with E-state index in [1.54, 1.807) is 7.11 Å². The highest BCUT2D eigenvalue weighted by atomic mass is 79.9. The zero-order valence-corrected chi connectivity index (χ0v) is 11.2. The minimum Gasteiger partial charge on any atom is -0.497 e. The smallest absolute Gasteiger partial charge is 0.285 e. The number of aromatic amines is 1. The minimum atomic E-state index is -0.0879. The van der Waals surface area contributed by atoms with Gasteiger partial charge < -0.3 is 4.74 Å². The first kappa shape index (κ1) is 12.0. The number of H-pyrrole nitrogens is 1. The number of aromatic nitrogens is 2. The predicted molar refractivity (Wildman–Crippen MR) is 70.0 cm³/mol. The third-order valence-electron chi connectivity index (χ3n) is 2.57. The molecule has 0 radical (unpaired) electrons. The molecule has 0 aliphatic carbocycles. The van der Waals surface area contributed by atoms with Gasteiger partial charge in [0.2, 0.25) is 0 Å². The molecule has 0 bridgehead atoms. The molecule has 1 aromatic heterocycles. The maximum atomic E-state index is 12.0. The highest BCUT2D eigenvalue weighted by Crippen LogP contribution is 2.17. The topological polar surface area (TPSA) is 47.0 Å². The van der Waals surface area contributed by atoms with Gasteiger partial charge in [0.25, 0.3) is 5.56 Å². The lowest BCUT2D eigenvalue weighted by Gasteiger charge is -2.04. The third kappa shape index (κ3) is 2.15. The molecule has 0 aliphatic rings. The maximum Gasteiger partial charge on any atom is 0.285 e. The number of rotatable bonds is 3. The molecule has 0 spiro atoms. The van der Waals surface area contributed by atoms with E-state index >= 15 is 0 Å². The average molecular weight is 297 g/mol. The van der Waals surface area contributed by atoms with E-state index in [-0.39, 0.29) is 5.56 Å². The molecule has 0 atom stereocenters. The molecule has 2 rings (SSSR count). The standard InChI is InChI=1S/C12H13BrN2O2/c1-3-10-11(13)12(16)15(14-10)8-5-4-6-9(7-8)17-2/h4-7,14H,3H2,1-2H3. The molecule has 0 amide bonds. The van der Waals surface area contributed by atoms with Crippen molar-refractivity contribution in [2.24, 2.45) is 0 Å². The lowest BCUT2D eigenvalue weighted by atomic mass is 10.3. The molecule has 5 heteroatoms. The van der Waals surface area contributed by atoms with Crippen LogP contribution >= 0.6 is 15.9 Å². The fraction of sp³-hybridized carbons (Fsp3) is 0.250. The van der Waals surface area contributed by atoms with Gasteiger partial charge in [0.05, 0.1) is 18.5 Å². The van der Waals surface area contributed by atoms with Crippen molar-refractivity contribution in [3.05, 3.63) is 44.8 Å². The Labute approximate surface area is 107 Å². The molecule has 17 heavy (non-hydrogen) atoms. The lowest BCUT2D eigenvalue weighted by molar-refractivity contribution is 0.414. The summed E-state index contributed by atoms with van der Waals surface area (Å²) in [5.41, 5.74) is 1.56. The summed E-state index contributed by atoms with van der Waals surface area (Å²) in [5.74, 6) is 0.721. The largest absolute Gasteiger partial charge is 0.497 e. The van der Waals surface area contributed by atoms with Crippen LogP contribution in [0, 0.1) is 0 Å². The fourth-order valence-electron chi connectivity index (χ4n) is 1.63. The molecular formula is C12H13BrN2O2. The Morgan fingerprint density at radius 3 is 2.82 bits per heavy atom. The van der Waals surface area contributed by atoms with Crippen molar-refractivity contribution in [3.63, 3.8) is 0 Å². The fourth-order valence-corrected chi connectivity index (χ4v) is 2.17. The van der Waals surface area contributed by atoms with Crippen molar-refractivity contribution in [2.45, 2.75) is 13.3 Å². The Morgan fingerprint density at radius 1 is 1.47 bits per heavy atom. The first-order chi connectivity index (χ1) is 8.17. The van der Waals surface area contributed by atoms with Gasteiger partial charge in [-0.05, 0) is 34.5 Å². The van der Waals surface area contributed by atoms with Gasteiger partial charge in [0.15, 0.2) is 0 Å². The van der Waals surface area contributed by atoms with E-state index in [4.69, 9.17) is 4.74 Å². The van der Waals surface area contributed by atoms with E-state index in [0.29, 0.717) is 4.47 Å². The number of halogens is 1. The molecular weight excluding hydrogens is 284 g/mol. The summed E-state index contributed by atoms with van der Waals surface area (Å²) in [4.78, 5) is 12.0. The van der Waals surface area contributed by atoms with E-state index < -0.39 is 0 Å².